The Bertz CT molecular complexity index is 740. The Kier molecular flexibility index (Phi) is 6.24. The molecule has 2 heterocycles. The summed E-state index contributed by atoms with van der Waals surface area (Å²) in [6.45, 7) is 4.51. The molecular formula is C19H25N3O3S. The monoisotopic (exact) mass is 375 g/mol. The zero-order valence-electron chi connectivity index (χ0n) is 15.4. The van der Waals surface area contributed by atoms with Crippen LogP contribution in [0.2, 0.25) is 0 Å². The first kappa shape index (κ1) is 18.8. The minimum Gasteiger partial charge on any atom is -0.588 e. The first-order valence-electron chi connectivity index (χ1n) is 8.77. The van der Waals surface area contributed by atoms with Gasteiger partial charge in [0.25, 0.3) is 0 Å². The number of fused-ring (bicyclic) bond motifs is 1. The lowest BCUT2D eigenvalue weighted by molar-refractivity contribution is 0.340. The Morgan fingerprint density at radius 2 is 1.96 bits per heavy atom. The first-order valence-corrected chi connectivity index (χ1v) is 9.92. The van der Waals surface area contributed by atoms with Gasteiger partial charge >= 0.3 is 0 Å². The molecule has 0 amide bonds. The molecule has 3 rings (SSSR count). The van der Waals surface area contributed by atoms with E-state index in [-0.39, 0.29) is 0 Å². The second-order valence-corrected chi connectivity index (χ2v) is 7.44. The van der Waals surface area contributed by atoms with E-state index in [9.17, 15) is 4.55 Å². The van der Waals surface area contributed by atoms with Crippen LogP contribution in [0.4, 0.5) is 5.69 Å². The van der Waals surface area contributed by atoms with E-state index in [0.29, 0.717) is 23.1 Å². The Morgan fingerprint density at radius 1 is 1.23 bits per heavy atom. The number of benzene rings is 1. The van der Waals surface area contributed by atoms with Crippen molar-refractivity contribution in [2.24, 2.45) is 0 Å². The average molecular weight is 375 g/mol. The van der Waals surface area contributed by atoms with Crippen molar-refractivity contribution in [2.45, 2.75) is 24.7 Å². The number of hydrogen-bond acceptors (Lipinski definition) is 6. The molecule has 6 nitrogen and oxygen atoms in total. The molecule has 1 aliphatic rings. The fourth-order valence-electron chi connectivity index (χ4n) is 2.94. The molecule has 0 bridgehead atoms. The minimum absolute atomic E-state index is 0.479. The van der Waals surface area contributed by atoms with Crippen LogP contribution in [0.1, 0.15) is 18.2 Å². The molecule has 0 saturated carbocycles. The topological polar surface area (TPSA) is 69.7 Å². The van der Waals surface area contributed by atoms with E-state index in [0.717, 1.165) is 37.4 Å². The maximum absolute atomic E-state index is 12.7. The molecule has 2 aromatic rings. The van der Waals surface area contributed by atoms with E-state index >= 15 is 0 Å². The minimum atomic E-state index is -1.41. The quantitative estimate of drug-likeness (QED) is 0.783. The van der Waals surface area contributed by atoms with Crippen LogP contribution in [0.25, 0.3) is 0 Å². The summed E-state index contributed by atoms with van der Waals surface area (Å²) in [5.74, 6) is 1.24. The SMILES string of the molecule is CCOc1ccc([S+]([O-])Nc2cc3c(nc2OC)CCN(C)CC3)cc1. The van der Waals surface area contributed by atoms with Crippen LogP contribution in [0.15, 0.2) is 35.2 Å². The summed E-state index contributed by atoms with van der Waals surface area (Å²) in [7, 11) is 3.70. The predicted octanol–water partition coefficient (Wildman–Crippen LogP) is 2.65. The van der Waals surface area contributed by atoms with Gasteiger partial charge in [-0.25, -0.2) is 4.98 Å². The standard InChI is InChI=1S/C19H25N3O3S/c1-4-25-15-5-7-16(8-6-15)26(23)21-18-13-14-9-11-22(2)12-10-17(14)20-19(18)24-3/h5-8,13,21H,4,9-12H2,1-3H3. The molecule has 0 radical (unpaired) electrons. The van der Waals surface area contributed by atoms with E-state index in [1.54, 1.807) is 19.2 Å². The Labute approximate surface area is 157 Å². The fourth-order valence-corrected chi connectivity index (χ4v) is 3.79. The number of hydrogen-bond donors (Lipinski definition) is 1. The Morgan fingerprint density at radius 3 is 2.65 bits per heavy atom. The maximum Gasteiger partial charge on any atom is 0.241 e. The number of rotatable bonds is 6. The molecule has 26 heavy (non-hydrogen) atoms. The second-order valence-electron chi connectivity index (χ2n) is 6.23. The van der Waals surface area contributed by atoms with Gasteiger partial charge in [-0.2, -0.15) is 4.72 Å². The molecule has 1 aromatic heterocycles. The van der Waals surface area contributed by atoms with Crippen molar-refractivity contribution in [1.29, 1.82) is 0 Å². The van der Waals surface area contributed by atoms with Gasteiger partial charge in [-0.3, -0.25) is 0 Å². The number of nitrogens with zero attached hydrogens (tertiary/aromatic N) is 2. The molecule has 140 valence electrons. The summed E-state index contributed by atoms with van der Waals surface area (Å²) in [5.41, 5.74) is 2.90. The smallest absolute Gasteiger partial charge is 0.241 e. The lowest BCUT2D eigenvalue weighted by Crippen LogP contribution is -2.20. The van der Waals surface area contributed by atoms with Crippen LogP contribution in [-0.2, 0) is 24.2 Å². The number of anilines is 1. The van der Waals surface area contributed by atoms with Crippen LogP contribution in [0, 0.1) is 0 Å². The fraction of sp³-hybridized carbons (Fsp3) is 0.421. The summed E-state index contributed by atoms with van der Waals surface area (Å²) < 4.78 is 26.6. The molecule has 1 aliphatic heterocycles. The van der Waals surface area contributed by atoms with Crippen molar-refractivity contribution in [1.82, 2.24) is 9.88 Å². The van der Waals surface area contributed by atoms with E-state index in [1.807, 2.05) is 25.1 Å². The molecule has 7 heteroatoms. The number of likely N-dealkylation sites (N-methyl/N-ethyl adjacent to an activating group) is 1. The van der Waals surface area contributed by atoms with Gasteiger partial charge in [0, 0.05) is 25.2 Å². The van der Waals surface area contributed by atoms with Crippen molar-refractivity contribution in [2.75, 3.05) is 38.6 Å². The van der Waals surface area contributed by atoms with Crippen LogP contribution >= 0.6 is 0 Å². The van der Waals surface area contributed by atoms with E-state index in [4.69, 9.17) is 9.47 Å². The summed E-state index contributed by atoms with van der Waals surface area (Å²) in [6, 6.07) is 9.26. The third-order valence-corrected chi connectivity index (χ3v) is 5.50. The average Bonchev–Trinajstić information content (AvgIpc) is 2.83. The molecule has 0 aliphatic carbocycles. The summed E-state index contributed by atoms with van der Waals surface area (Å²) in [6.07, 6.45) is 1.82. The zero-order valence-corrected chi connectivity index (χ0v) is 16.3. The van der Waals surface area contributed by atoms with Gasteiger partial charge in [-0.15, -0.1) is 0 Å². The van der Waals surface area contributed by atoms with Crippen molar-refractivity contribution in [3.8, 4) is 11.6 Å². The lowest BCUT2D eigenvalue weighted by atomic mass is 10.1. The van der Waals surface area contributed by atoms with Crippen molar-refractivity contribution in [3.05, 3.63) is 41.6 Å². The van der Waals surface area contributed by atoms with Gasteiger partial charge in [0.2, 0.25) is 5.88 Å². The number of methoxy groups -OCH3 is 1. The van der Waals surface area contributed by atoms with E-state index in [2.05, 4.69) is 21.7 Å². The normalized spacial score (nSPS) is 15.7. The van der Waals surface area contributed by atoms with Gasteiger partial charge in [-0.1, -0.05) is 0 Å². The largest absolute Gasteiger partial charge is 0.588 e. The molecule has 0 fully saturated rings. The van der Waals surface area contributed by atoms with Crippen LogP contribution < -0.4 is 14.2 Å². The Hall–Kier alpha value is -1.96. The highest BCUT2D eigenvalue weighted by molar-refractivity contribution is 7.92. The van der Waals surface area contributed by atoms with Crippen molar-refractivity contribution >= 4 is 17.0 Å². The van der Waals surface area contributed by atoms with Crippen LogP contribution in [0.3, 0.4) is 0 Å². The molecule has 1 N–H and O–H groups in total. The third-order valence-electron chi connectivity index (χ3n) is 4.39. The molecule has 1 unspecified atom stereocenters. The van der Waals surface area contributed by atoms with Gasteiger partial charge in [-0.05, 0) is 56.3 Å². The van der Waals surface area contributed by atoms with E-state index < -0.39 is 11.4 Å². The van der Waals surface area contributed by atoms with E-state index in [1.165, 1.54) is 5.56 Å². The first-order chi connectivity index (χ1) is 12.6. The summed E-state index contributed by atoms with van der Waals surface area (Å²) in [4.78, 5) is 7.61. The highest BCUT2D eigenvalue weighted by atomic mass is 32.2. The van der Waals surface area contributed by atoms with Gasteiger partial charge in [0.05, 0.1) is 13.7 Å². The van der Waals surface area contributed by atoms with Gasteiger partial charge < -0.3 is 18.9 Å². The zero-order chi connectivity index (χ0) is 18.5. The van der Waals surface area contributed by atoms with Crippen LogP contribution in [0.5, 0.6) is 11.6 Å². The van der Waals surface area contributed by atoms with Crippen molar-refractivity contribution in [3.63, 3.8) is 0 Å². The number of nitrogens with one attached hydrogen (secondary N) is 1. The van der Waals surface area contributed by atoms with Gasteiger partial charge in [0.1, 0.15) is 22.8 Å². The van der Waals surface area contributed by atoms with Gasteiger partial charge in [0.15, 0.2) is 4.90 Å². The maximum atomic E-state index is 12.7. The molecule has 0 saturated heterocycles. The number of ether oxygens (including phenoxy) is 2. The molecule has 1 aromatic carbocycles. The summed E-state index contributed by atoms with van der Waals surface area (Å²) >= 11 is -1.41. The predicted molar refractivity (Wildman–Crippen MR) is 103 cm³/mol. The third kappa shape index (κ3) is 4.41. The van der Waals surface area contributed by atoms with Crippen molar-refractivity contribution < 1.29 is 14.0 Å². The molecule has 1 atom stereocenters. The highest BCUT2D eigenvalue weighted by Gasteiger charge is 2.20. The van der Waals surface area contributed by atoms with Crippen LogP contribution in [-0.4, -0.2) is 48.3 Å². The summed E-state index contributed by atoms with van der Waals surface area (Å²) in [5, 5.41) is 0. The number of pyridine rings is 1. The highest BCUT2D eigenvalue weighted by Crippen LogP contribution is 2.29. The lowest BCUT2D eigenvalue weighted by Gasteiger charge is -2.16. The molecular weight excluding hydrogens is 350 g/mol. The molecule has 0 spiro atoms. The number of aromatic nitrogens is 1. The Balaban J connectivity index is 1.80. The second kappa shape index (κ2) is 8.62.